The molecule has 32 heavy (non-hydrogen) atoms. The number of thiocarbonyl (C=S) groups is 1. The van der Waals surface area contributed by atoms with Crippen molar-refractivity contribution in [2.45, 2.75) is 20.8 Å². The van der Waals surface area contributed by atoms with Gasteiger partial charge in [-0.2, -0.15) is 0 Å². The van der Waals surface area contributed by atoms with Crippen LogP contribution in [0.2, 0.25) is 0 Å². The second-order valence-corrected chi connectivity index (χ2v) is 8.00. The van der Waals surface area contributed by atoms with Crippen LogP contribution in [0.1, 0.15) is 27.0 Å². The van der Waals surface area contributed by atoms with Crippen molar-refractivity contribution >= 4 is 40.0 Å². The van der Waals surface area contributed by atoms with Gasteiger partial charge in [-0.3, -0.25) is 10.1 Å². The van der Waals surface area contributed by atoms with E-state index in [1.807, 2.05) is 44.2 Å². The maximum atomic E-state index is 12.5. The number of amides is 1. The Kier molecular flexibility index (Phi) is 5.92. The first-order valence-corrected chi connectivity index (χ1v) is 10.5. The minimum absolute atomic E-state index is 0.204. The van der Waals surface area contributed by atoms with E-state index in [9.17, 15) is 4.79 Å². The molecule has 4 rings (SSSR count). The molecule has 162 valence electrons. The molecule has 0 unspecified atom stereocenters. The van der Waals surface area contributed by atoms with Gasteiger partial charge in [-0.15, -0.1) is 0 Å². The lowest BCUT2D eigenvalue weighted by Gasteiger charge is -2.13. The number of methoxy groups -OCH3 is 1. The Morgan fingerprint density at radius 1 is 0.969 bits per heavy atom. The van der Waals surface area contributed by atoms with Crippen LogP contribution in [0, 0.1) is 20.8 Å². The van der Waals surface area contributed by atoms with E-state index >= 15 is 0 Å². The number of fused-ring (bicyclic) bond motifs is 1. The molecule has 0 radical (unpaired) electrons. The highest BCUT2D eigenvalue weighted by atomic mass is 32.1. The molecule has 2 N–H and O–H groups in total. The number of carbonyl (C=O) groups excluding carboxylic acids is 1. The van der Waals surface area contributed by atoms with Crippen molar-refractivity contribution in [3.63, 3.8) is 0 Å². The minimum atomic E-state index is -0.302. The fraction of sp³-hybridized carbons (Fsp3) is 0.160. The van der Waals surface area contributed by atoms with E-state index in [2.05, 4.69) is 22.5 Å². The molecule has 0 saturated carbocycles. The Hall–Kier alpha value is -3.71. The van der Waals surface area contributed by atoms with Crippen LogP contribution in [0.5, 0.6) is 5.75 Å². The molecule has 0 spiro atoms. The van der Waals surface area contributed by atoms with E-state index in [4.69, 9.17) is 21.4 Å². The number of ether oxygens (including phenoxy) is 1. The molecule has 6 nitrogen and oxygen atoms in total. The summed E-state index contributed by atoms with van der Waals surface area (Å²) in [5, 5.41) is 6.01. The number of nitrogens with zero attached hydrogens (tertiary/aromatic N) is 1. The van der Waals surface area contributed by atoms with E-state index in [1.54, 1.807) is 31.4 Å². The van der Waals surface area contributed by atoms with Crippen LogP contribution in [-0.2, 0) is 0 Å². The lowest BCUT2D eigenvalue weighted by Crippen LogP contribution is -2.34. The number of anilines is 1. The number of nitrogens with one attached hydrogen (secondary N) is 2. The van der Waals surface area contributed by atoms with Gasteiger partial charge >= 0.3 is 0 Å². The molecular formula is C25H23N3O3S. The quantitative estimate of drug-likeness (QED) is 0.401. The van der Waals surface area contributed by atoms with Gasteiger partial charge in [0.2, 0.25) is 5.89 Å². The van der Waals surface area contributed by atoms with Gasteiger partial charge in [0.1, 0.15) is 11.3 Å². The molecule has 4 aromatic rings. The van der Waals surface area contributed by atoms with Crippen LogP contribution >= 0.6 is 12.2 Å². The van der Waals surface area contributed by atoms with Crippen molar-refractivity contribution in [2.24, 2.45) is 0 Å². The monoisotopic (exact) mass is 445 g/mol. The molecule has 0 fully saturated rings. The molecule has 7 heteroatoms. The molecule has 0 atom stereocenters. The molecule has 3 aromatic carbocycles. The minimum Gasteiger partial charge on any atom is -0.497 e. The van der Waals surface area contributed by atoms with Gasteiger partial charge in [-0.05, 0) is 98.2 Å². The van der Waals surface area contributed by atoms with Crippen LogP contribution in [0.3, 0.4) is 0 Å². The van der Waals surface area contributed by atoms with Crippen LogP contribution < -0.4 is 15.4 Å². The van der Waals surface area contributed by atoms with Gasteiger partial charge in [0.15, 0.2) is 10.7 Å². The summed E-state index contributed by atoms with van der Waals surface area (Å²) in [6, 6.07) is 16.6. The number of aryl methyl sites for hydroxylation is 3. The van der Waals surface area contributed by atoms with E-state index in [0.29, 0.717) is 17.2 Å². The third-order valence-corrected chi connectivity index (χ3v) is 5.52. The molecule has 0 saturated heterocycles. The number of hydrogen-bond acceptors (Lipinski definition) is 5. The predicted octanol–water partition coefficient (Wildman–Crippen LogP) is 5.56. The molecule has 0 aliphatic carbocycles. The zero-order valence-electron chi connectivity index (χ0n) is 18.3. The smallest absolute Gasteiger partial charge is 0.257 e. The summed E-state index contributed by atoms with van der Waals surface area (Å²) in [5.74, 6) is 0.907. The summed E-state index contributed by atoms with van der Waals surface area (Å²) < 4.78 is 11.1. The van der Waals surface area contributed by atoms with Crippen molar-refractivity contribution in [1.29, 1.82) is 0 Å². The van der Waals surface area contributed by atoms with Crippen LogP contribution in [-0.4, -0.2) is 23.1 Å². The lowest BCUT2D eigenvalue weighted by atomic mass is 10.1. The molecule has 1 aromatic heterocycles. The number of hydrogen-bond donors (Lipinski definition) is 2. The second kappa shape index (κ2) is 8.80. The van der Waals surface area contributed by atoms with Gasteiger partial charge in [0, 0.05) is 16.8 Å². The first kappa shape index (κ1) is 21.5. The van der Waals surface area contributed by atoms with E-state index in [-0.39, 0.29) is 11.0 Å². The highest BCUT2D eigenvalue weighted by molar-refractivity contribution is 7.80. The zero-order valence-corrected chi connectivity index (χ0v) is 19.1. The lowest BCUT2D eigenvalue weighted by molar-refractivity contribution is 0.0977. The number of rotatable bonds is 4. The number of carbonyl (C=O) groups is 1. The van der Waals surface area contributed by atoms with Crippen LogP contribution in [0.15, 0.2) is 59.0 Å². The number of benzene rings is 3. The van der Waals surface area contributed by atoms with Crippen molar-refractivity contribution < 1.29 is 13.9 Å². The third kappa shape index (κ3) is 4.48. The summed E-state index contributed by atoms with van der Waals surface area (Å²) in [6.07, 6.45) is 0. The zero-order chi connectivity index (χ0) is 22.8. The molecule has 1 amide bonds. The Bertz CT molecular complexity index is 1290. The standard InChI is InChI=1S/C25H23N3O3S/c1-14-5-6-18(24-26-21-11-15(2)16(3)12-22(21)31-24)13-20(14)27-25(32)28-23(29)17-7-9-19(30-4)10-8-17/h5-13H,1-4H3,(H2,27,28,29,32). The van der Waals surface area contributed by atoms with Gasteiger partial charge in [0.05, 0.1) is 7.11 Å². The second-order valence-electron chi connectivity index (χ2n) is 7.59. The third-order valence-electron chi connectivity index (χ3n) is 5.32. The normalized spacial score (nSPS) is 10.8. The molecule has 0 aliphatic heterocycles. The Balaban J connectivity index is 1.52. The SMILES string of the molecule is COc1ccc(C(=O)NC(=S)Nc2cc(-c3nc4cc(C)c(C)cc4o3)ccc2C)cc1. The Labute approximate surface area is 191 Å². The van der Waals surface area contributed by atoms with Crippen molar-refractivity contribution in [3.8, 4) is 17.2 Å². The van der Waals surface area contributed by atoms with Crippen molar-refractivity contribution in [2.75, 3.05) is 12.4 Å². The highest BCUT2D eigenvalue weighted by Crippen LogP contribution is 2.29. The van der Waals surface area contributed by atoms with E-state index in [1.165, 1.54) is 5.56 Å². The predicted molar refractivity (Wildman–Crippen MR) is 130 cm³/mol. The molecular weight excluding hydrogens is 422 g/mol. The first-order chi connectivity index (χ1) is 15.3. The van der Waals surface area contributed by atoms with Gasteiger partial charge in [0.25, 0.3) is 5.91 Å². The van der Waals surface area contributed by atoms with Gasteiger partial charge < -0.3 is 14.5 Å². The van der Waals surface area contributed by atoms with E-state index < -0.39 is 0 Å². The fourth-order valence-electron chi connectivity index (χ4n) is 3.26. The number of oxazole rings is 1. The van der Waals surface area contributed by atoms with Crippen molar-refractivity contribution in [1.82, 2.24) is 10.3 Å². The first-order valence-electron chi connectivity index (χ1n) is 10.1. The molecule has 1 heterocycles. The van der Waals surface area contributed by atoms with E-state index in [0.717, 1.165) is 33.5 Å². The van der Waals surface area contributed by atoms with Crippen LogP contribution in [0.4, 0.5) is 5.69 Å². The Morgan fingerprint density at radius 3 is 2.41 bits per heavy atom. The number of aromatic nitrogens is 1. The van der Waals surface area contributed by atoms with Crippen molar-refractivity contribution in [3.05, 3.63) is 76.9 Å². The summed E-state index contributed by atoms with van der Waals surface area (Å²) in [6.45, 7) is 6.06. The maximum Gasteiger partial charge on any atom is 0.257 e. The Morgan fingerprint density at radius 2 is 1.69 bits per heavy atom. The topological polar surface area (TPSA) is 76.4 Å². The summed E-state index contributed by atoms with van der Waals surface area (Å²) in [7, 11) is 1.58. The fourth-order valence-corrected chi connectivity index (χ4v) is 3.47. The van der Waals surface area contributed by atoms with Gasteiger partial charge in [-0.25, -0.2) is 4.98 Å². The van der Waals surface area contributed by atoms with Gasteiger partial charge in [-0.1, -0.05) is 6.07 Å². The molecule has 0 bridgehead atoms. The molecule has 0 aliphatic rings. The highest BCUT2D eigenvalue weighted by Gasteiger charge is 2.13. The average molecular weight is 446 g/mol. The summed E-state index contributed by atoms with van der Waals surface area (Å²) in [4.78, 5) is 17.1. The maximum absolute atomic E-state index is 12.5. The van der Waals surface area contributed by atoms with Crippen LogP contribution in [0.25, 0.3) is 22.6 Å². The average Bonchev–Trinajstić information content (AvgIpc) is 3.18. The summed E-state index contributed by atoms with van der Waals surface area (Å²) >= 11 is 5.35. The largest absolute Gasteiger partial charge is 0.497 e. The summed E-state index contributed by atoms with van der Waals surface area (Å²) in [5.41, 5.74) is 6.92.